The monoisotopic (exact) mass is 264 g/mol. The third kappa shape index (κ3) is 2.24. The molecule has 5 heteroatoms. The molecule has 1 N–H and O–H groups in total. The number of halogens is 1. The summed E-state index contributed by atoms with van der Waals surface area (Å²) in [7, 11) is 0. The summed E-state index contributed by atoms with van der Waals surface area (Å²) in [5.41, 5.74) is 2.34. The minimum atomic E-state index is -0.949. The predicted octanol–water partition coefficient (Wildman–Crippen LogP) is 2.90. The van der Waals surface area contributed by atoms with Crippen molar-refractivity contribution in [2.75, 3.05) is 0 Å². The van der Waals surface area contributed by atoms with E-state index >= 15 is 0 Å². The van der Waals surface area contributed by atoms with Crippen LogP contribution in [-0.2, 0) is 6.54 Å². The van der Waals surface area contributed by atoms with E-state index in [0.717, 1.165) is 5.56 Å². The summed E-state index contributed by atoms with van der Waals surface area (Å²) in [6, 6.07) is 7.46. The first-order chi connectivity index (χ1) is 8.50. The number of carbonyl (C=O) groups is 1. The fourth-order valence-electron chi connectivity index (χ4n) is 1.95. The van der Waals surface area contributed by atoms with Crippen LogP contribution in [0.4, 0.5) is 0 Å². The quantitative estimate of drug-likeness (QED) is 0.927. The molecular weight excluding hydrogens is 252 g/mol. The minimum Gasteiger partial charge on any atom is -0.478 e. The van der Waals surface area contributed by atoms with Crippen LogP contribution < -0.4 is 0 Å². The van der Waals surface area contributed by atoms with Gasteiger partial charge < -0.3 is 5.11 Å². The Morgan fingerprint density at radius 2 is 2.06 bits per heavy atom. The van der Waals surface area contributed by atoms with Crippen LogP contribution in [0.2, 0.25) is 5.02 Å². The van der Waals surface area contributed by atoms with Gasteiger partial charge in [-0.15, -0.1) is 0 Å². The van der Waals surface area contributed by atoms with E-state index in [9.17, 15) is 4.79 Å². The summed E-state index contributed by atoms with van der Waals surface area (Å²) in [5, 5.41) is 14.0. The van der Waals surface area contributed by atoms with Crippen molar-refractivity contribution in [3.63, 3.8) is 0 Å². The van der Waals surface area contributed by atoms with E-state index in [1.165, 1.54) is 0 Å². The van der Waals surface area contributed by atoms with Crippen LogP contribution in [0.1, 0.15) is 27.3 Å². The second-order valence-electron chi connectivity index (χ2n) is 4.10. The summed E-state index contributed by atoms with van der Waals surface area (Å²) in [5.74, 6) is -0.949. The summed E-state index contributed by atoms with van der Waals surface area (Å²) in [6.07, 6.45) is 0. The first-order valence-corrected chi connectivity index (χ1v) is 5.89. The van der Waals surface area contributed by atoms with Gasteiger partial charge in [0.05, 0.1) is 17.9 Å². The Labute approximate surface area is 110 Å². The number of aromatic nitrogens is 2. The number of carboxylic acid groups (broad SMARTS) is 1. The number of benzene rings is 1. The highest BCUT2D eigenvalue weighted by atomic mass is 35.5. The number of nitrogens with zero attached hydrogens (tertiary/aromatic N) is 2. The predicted molar refractivity (Wildman–Crippen MR) is 69.2 cm³/mol. The summed E-state index contributed by atoms with van der Waals surface area (Å²) < 4.78 is 1.67. The lowest BCUT2D eigenvalue weighted by atomic mass is 10.2. The molecule has 1 aromatic heterocycles. The van der Waals surface area contributed by atoms with Crippen LogP contribution in [0.5, 0.6) is 0 Å². The van der Waals surface area contributed by atoms with E-state index in [1.54, 1.807) is 24.6 Å². The number of hydrogen-bond acceptors (Lipinski definition) is 2. The normalized spacial score (nSPS) is 10.6. The molecular formula is C13H13ClN2O2. The van der Waals surface area contributed by atoms with E-state index in [-0.39, 0.29) is 5.56 Å². The molecule has 18 heavy (non-hydrogen) atoms. The summed E-state index contributed by atoms with van der Waals surface area (Å²) in [6.45, 7) is 3.92. The molecule has 1 aromatic carbocycles. The number of hydrogen-bond donors (Lipinski definition) is 1. The average Bonchev–Trinajstić information content (AvgIpc) is 2.57. The van der Waals surface area contributed by atoms with E-state index < -0.39 is 5.97 Å². The second-order valence-corrected chi connectivity index (χ2v) is 4.51. The molecule has 4 nitrogen and oxygen atoms in total. The highest BCUT2D eigenvalue weighted by Gasteiger charge is 2.17. The van der Waals surface area contributed by atoms with Gasteiger partial charge in [-0.25, -0.2) is 4.79 Å². The molecule has 0 spiro atoms. The van der Waals surface area contributed by atoms with Gasteiger partial charge in [-0.1, -0.05) is 29.8 Å². The van der Waals surface area contributed by atoms with Gasteiger partial charge in [0.1, 0.15) is 5.56 Å². The Kier molecular flexibility index (Phi) is 3.39. The van der Waals surface area contributed by atoms with Crippen molar-refractivity contribution in [2.45, 2.75) is 20.4 Å². The molecule has 0 amide bonds. The maximum absolute atomic E-state index is 11.1. The largest absolute Gasteiger partial charge is 0.478 e. The lowest BCUT2D eigenvalue weighted by Crippen LogP contribution is -2.06. The van der Waals surface area contributed by atoms with Crippen molar-refractivity contribution < 1.29 is 9.90 Å². The van der Waals surface area contributed by atoms with Gasteiger partial charge >= 0.3 is 5.97 Å². The van der Waals surface area contributed by atoms with Crippen LogP contribution in [0.25, 0.3) is 0 Å². The molecule has 1 heterocycles. The molecule has 0 fully saturated rings. The van der Waals surface area contributed by atoms with Crippen molar-refractivity contribution >= 4 is 17.6 Å². The fraction of sp³-hybridized carbons (Fsp3) is 0.231. The van der Waals surface area contributed by atoms with Crippen LogP contribution in [0.3, 0.4) is 0 Å². The molecule has 0 unspecified atom stereocenters. The van der Waals surface area contributed by atoms with Crippen LogP contribution in [0, 0.1) is 13.8 Å². The molecule has 2 aromatic rings. The third-order valence-electron chi connectivity index (χ3n) is 2.87. The lowest BCUT2D eigenvalue weighted by Gasteiger charge is -2.06. The van der Waals surface area contributed by atoms with Gasteiger partial charge in [0, 0.05) is 5.02 Å². The maximum Gasteiger partial charge on any atom is 0.339 e. The molecule has 0 aliphatic rings. The maximum atomic E-state index is 11.1. The van der Waals surface area contributed by atoms with Crippen molar-refractivity contribution in [2.24, 2.45) is 0 Å². The highest BCUT2D eigenvalue weighted by Crippen LogP contribution is 2.19. The first kappa shape index (κ1) is 12.6. The molecule has 0 aliphatic carbocycles. The van der Waals surface area contributed by atoms with Crippen LogP contribution >= 0.6 is 11.6 Å². The Bertz CT molecular complexity index is 605. The Morgan fingerprint density at radius 3 is 2.61 bits per heavy atom. The van der Waals surface area contributed by atoms with Gasteiger partial charge in [-0.3, -0.25) is 4.68 Å². The minimum absolute atomic E-state index is 0.266. The first-order valence-electron chi connectivity index (χ1n) is 5.51. The molecule has 0 atom stereocenters. The third-order valence-corrected chi connectivity index (χ3v) is 3.24. The molecule has 94 valence electrons. The van der Waals surface area contributed by atoms with E-state index in [4.69, 9.17) is 16.7 Å². The SMILES string of the molecule is Cc1nn(Cc2ccccc2Cl)c(C)c1C(=O)O. The zero-order chi connectivity index (χ0) is 13.3. The van der Waals surface area contributed by atoms with Gasteiger partial charge in [-0.05, 0) is 25.5 Å². The molecule has 0 aliphatic heterocycles. The zero-order valence-electron chi connectivity index (χ0n) is 10.1. The molecule has 0 bridgehead atoms. The van der Waals surface area contributed by atoms with Crippen molar-refractivity contribution in [3.05, 3.63) is 51.8 Å². The van der Waals surface area contributed by atoms with Crippen LogP contribution in [0.15, 0.2) is 24.3 Å². The molecule has 2 rings (SSSR count). The standard InChI is InChI=1S/C13H13ClN2O2/c1-8-12(13(17)18)9(2)16(15-8)7-10-5-3-4-6-11(10)14/h3-6H,7H2,1-2H3,(H,17,18). The Balaban J connectivity index is 2.39. The smallest absolute Gasteiger partial charge is 0.339 e. The van der Waals surface area contributed by atoms with Crippen molar-refractivity contribution in [3.8, 4) is 0 Å². The zero-order valence-corrected chi connectivity index (χ0v) is 10.9. The van der Waals surface area contributed by atoms with Crippen molar-refractivity contribution in [1.82, 2.24) is 9.78 Å². The summed E-state index contributed by atoms with van der Waals surface area (Å²) in [4.78, 5) is 11.1. The average molecular weight is 265 g/mol. The van der Waals surface area contributed by atoms with Crippen LogP contribution in [-0.4, -0.2) is 20.9 Å². The van der Waals surface area contributed by atoms with Crippen molar-refractivity contribution in [1.29, 1.82) is 0 Å². The van der Waals surface area contributed by atoms with E-state index in [0.29, 0.717) is 23.0 Å². The number of aryl methyl sites for hydroxylation is 1. The number of aromatic carboxylic acids is 1. The van der Waals surface area contributed by atoms with E-state index in [2.05, 4.69) is 5.10 Å². The number of carboxylic acids is 1. The number of rotatable bonds is 3. The van der Waals surface area contributed by atoms with E-state index in [1.807, 2.05) is 18.2 Å². The lowest BCUT2D eigenvalue weighted by molar-refractivity contribution is 0.0695. The van der Waals surface area contributed by atoms with Gasteiger partial charge in [0.2, 0.25) is 0 Å². The fourth-order valence-corrected chi connectivity index (χ4v) is 2.14. The molecule has 0 saturated carbocycles. The molecule has 0 saturated heterocycles. The second kappa shape index (κ2) is 4.82. The Morgan fingerprint density at radius 1 is 1.39 bits per heavy atom. The highest BCUT2D eigenvalue weighted by molar-refractivity contribution is 6.31. The molecule has 0 radical (unpaired) electrons. The van der Waals surface area contributed by atoms with Gasteiger partial charge in [-0.2, -0.15) is 5.10 Å². The van der Waals surface area contributed by atoms with Gasteiger partial charge in [0.25, 0.3) is 0 Å². The topological polar surface area (TPSA) is 55.1 Å². The Hall–Kier alpha value is -1.81. The summed E-state index contributed by atoms with van der Waals surface area (Å²) >= 11 is 6.08. The van der Waals surface area contributed by atoms with Gasteiger partial charge in [0.15, 0.2) is 0 Å².